The molecule has 0 saturated carbocycles. The van der Waals surface area contributed by atoms with Gasteiger partial charge in [-0.3, -0.25) is 29.0 Å². The van der Waals surface area contributed by atoms with Crippen molar-refractivity contribution in [2.45, 2.75) is 155 Å². The average molecular weight is 695 g/mol. The summed E-state index contributed by atoms with van der Waals surface area (Å²) in [7, 11) is 3.91. The van der Waals surface area contributed by atoms with E-state index in [9.17, 15) is 19.2 Å². The second kappa shape index (κ2) is 35.9. The molecule has 0 aromatic rings. The number of nitrogens with zero attached hydrogens (tertiary/aromatic N) is 2. The number of carbonyl (C=O) groups excluding carboxylic acids is 4. The number of unbranched alkanes of at least 4 members (excludes halogenated alkanes) is 8. The molecule has 0 aliphatic heterocycles. The van der Waals surface area contributed by atoms with Gasteiger partial charge in [0.05, 0.1) is 6.67 Å². The first kappa shape index (κ1) is 47.1. The van der Waals surface area contributed by atoms with Crippen LogP contribution in [0, 0.1) is 0 Å². The zero-order chi connectivity index (χ0) is 36.2. The van der Waals surface area contributed by atoms with E-state index < -0.39 is 0 Å². The van der Waals surface area contributed by atoms with Crippen LogP contribution in [-0.4, -0.2) is 106 Å². The van der Waals surface area contributed by atoms with Crippen molar-refractivity contribution >= 4 is 23.4 Å². The van der Waals surface area contributed by atoms with Crippen molar-refractivity contribution in [1.29, 1.82) is 0 Å². The third kappa shape index (κ3) is 33.0. The highest BCUT2D eigenvalue weighted by Gasteiger charge is 2.14. The number of ketones is 2. The quantitative estimate of drug-likeness (QED) is 0.0460. The molecule has 10 nitrogen and oxygen atoms in total. The fraction of sp³-hybridized carbons (Fsp3) is 0.897. The molecule has 0 bridgehead atoms. The Bertz CT molecular complexity index is 748. The van der Waals surface area contributed by atoms with Crippen LogP contribution in [0.25, 0.3) is 0 Å². The van der Waals surface area contributed by atoms with Crippen LogP contribution in [0.5, 0.6) is 0 Å². The molecule has 0 unspecified atom stereocenters. The molecular weight excluding hydrogens is 616 g/mol. The SMILES string of the molecule is CCCCN(CCCC(=O)CCCCC(=O)NCCCCCNC)CN(CCCC)CCCC(=O)CCCCC(=O)NCCCCCNC. The molecular formula is C39H78N6O4. The van der Waals surface area contributed by atoms with Gasteiger partial charge in [0.2, 0.25) is 11.8 Å². The van der Waals surface area contributed by atoms with Crippen LogP contribution in [0.2, 0.25) is 0 Å². The fourth-order valence-electron chi connectivity index (χ4n) is 5.86. The molecule has 0 saturated heterocycles. The Labute approximate surface area is 301 Å². The van der Waals surface area contributed by atoms with Gasteiger partial charge < -0.3 is 21.3 Å². The Morgan fingerprint density at radius 2 is 0.755 bits per heavy atom. The average Bonchev–Trinajstić information content (AvgIpc) is 3.09. The molecule has 0 aromatic carbocycles. The first-order chi connectivity index (χ1) is 23.9. The van der Waals surface area contributed by atoms with E-state index in [1.54, 1.807) is 0 Å². The van der Waals surface area contributed by atoms with Crippen LogP contribution in [-0.2, 0) is 19.2 Å². The largest absolute Gasteiger partial charge is 0.356 e. The second-order valence-electron chi connectivity index (χ2n) is 13.8. The first-order valence-electron chi connectivity index (χ1n) is 20.2. The van der Waals surface area contributed by atoms with Crippen molar-refractivity contribution in [2.75, 3.05) is 73.1 Å². The number of amides is 2. The second-order valence-corrected chi connectivity index (χ2v) is 13.8. The number of nitrogens with one attached hydrogen (secondary N) is 4. The number of carbonyl (C=O) groups is 4. The lowest BCUT2D eigenvalue weighted by Crippen LogP contribution is -2.40. The normalized spacial score (nSPS) is 11.4. The van der Waals surface area contributed by atoms with Crippen LogP contribution >= 0.6 is 0 Å². The van der Waals surface area contributed by atoms with E-state index in [1.807, 2.05) is 14.1 Å². The molecule has 0 radical (unpaired) electrons. The van der Waals surface area contributed by atoms with Crippen molar-refractivity contribution in [3.63, 3.8) is 0 Å². The van der Waals surface area contributed by atoms with Crippen molar-refractivity contribution in [2.24, 2.45) is 0 Å². The lowest BCUT2D eigenvalue weighted by molar-refractivity contribution is -0.122. The van der Waals surface area contributed by atoms with Crippen LogP contribution in [0.1, 0.15) is 155 Å². The molecule has 0 rings (SSSR count). The summed E-state index contributed by atoms with van der Waals surface area (Å²) >= 11 is 0. The first-order valence-corrected chi connectivity index (χ1v) is 20.2. The third-order valence-electron chi connectivity index (χ3n) is 8.99. The predicted octanol–water partition coefficient (Wildman–Crippen LogP) is 5.98. The highest BCUT2D eigenvalue weighted by molar-refractivity contribution is 5.79. The smallest absolute Gasteiger partial charge is 0.219 e. The molecule has 49 heavy (non-hydrogen) atoms. The maximum atomic E-state index is 12.6. The number of hydrogen-bond acceptors (Lipinski definition) is 8. The minimum absolute atomic E-state index is 0.100. The van der Waals surface area contributed by atoms with Crippen LogP contribution in [0.4, 0.5) is 0 Å². The number of rotatable bonds is 38. The van der Waals surface area contributed by atoms with E-state index >= 15 is 0 Å². The molecule has 0 heterocycles. The highest BCUT2D eigenvalue weighted by Crippen LogP contribution is 2.10. The van der Waals surface area contributed by atoms with Crippen molar-refractivity contribution in [3.05, 3.63) is 0 Å². The van der Waals surface area contributed by atoms with Gasteiger partial charge in [0.25, 0.3) is 0 Å². The molecule has 2 amide bonds. The van der Waals surface area contributed by atoms with Gasteiger partial charge in [0, 0.05) is 51.6 Å². The summed E-state index contributed by atoms with van der Waals surface area (Å²) in [6.45, 7) is 12.7. The van der Waals surface area contributed by atoms with Gasteiger partial charge >= 0.3 is 0 Å². The maximum absolute atomic E-state index is 12.6. The predicted molar refractivity (Wildman–Crippen MR) is 205 cm³/mol. The monoisotopic (exact) mass is 695 g/mol. The zero-order valence-corrected chi connectivity index (χ0v) is 32.4. The summed E-state index contributed by atoms with van der Waals surface area (Å²) in [6, 6.07) is 0. The van der Waals surface area contributed by atoms with Crippen molar-refractivity contribution in [3.8, 4) is 0 Å². The Hall–Kier alpha value is -1.88. The molecule has 4 N–H and O–H groups in total. The van der Waals surface area contributed by atoms with E-state index in [-0.39, 0.29) is 11.8 Å². The lowest BCUT2D eigenvalue weighted by atomic mass is 10.1. The Morgan fingerprint density at radius 1 is 0.408 bits per heavy atom. The highest BCUT2D eigenvalue weighted by atomic mass is 16.2. The van der Waals surface area contributed by atoms with Crippen molar-refractivity contribution in [1.82, 2.24) is 31.1 Å². The minimum Gasteiger partial charge on any atom is -0.356 e. The standard InChI is InChI=1S/C39H78N6O4/c1-5-7-31-44(33-19-23-36(46)21-11-13-25-38(48)42-29-17-9-15-27-40-3)35-45(32-8-6-2)34-20-24-37(47)22-12-14-26-39(49)43-30-18-10-16-28-41-4/h40-41H,5-35H2,1-4H3,(H,42,48)(H,43,49). The molecule has 0 aliphatic rings. The van der Waals surface area contributed by atoms with Gasteiger partial charge in [-0.05, 0) is 130 Å². The summed E-state index contributed by atoms with van der Waals surface area (Å²) in [5, 5.41) is 12.3. The summed E-state index contributed by atoms with van der Waals surface area (Å²) in [4.78, 5) is 54.2. The van der Waals surface area contributed by atoms with E-state index in [0.717, 1.165) is 162 Å². The van der Waals surface area contributed by atoms with Crippen LogP contribution in [0.15, 0.2) is 0 Å². The molecule has 288 valence electrons. The third-order valence-corrected chi connectivity index (χ3v) is 8.99. The summed E-state index contributed by atoms with van der Waals surface area (Å²) in [5.74, 6) is 0.808. The zero-order valence-electron chi connectivity index (χ0n) is 32.4. The van der Waals surface area contributed by atoms with E-state index in [4.69, 9.17) is 0 Å². The minimum atomic E-state index is 0.100. The van der Waals surface area contributed by atoms with Crippen LogP contribution < -0.4 is 21.3 Å². The van der Waals surface area contributed by atoms with E-state index in [1.165, 1.54) is 0 Å². The van der Waals surface area contributed by atoms with E-state index in [0.29, 0.717) is 50.1 Å². The molecule has 0 atom stereocenters. The molecule has 0 aliphatic carbocycles. The van der Waals surface area contributed by atoms with Gasteiger partial charge in [-0.25, -0.2) is 0 Å². The van der Waals surface area contributed by atoms with Gasteiger partial charge in [0.1, 0.15) is 11.6 Å². The molecule has 10 heteroatoms. The summed E-state index contributed by atoms with van der Waals surface area (Å²) < 4.78 is 0. The number of hydrogen-bond donors (Lipinski definition) is 4. The maximum Gasteiger partial charge on any atom is 0.219 e. The summed E-state index contributed by atoms with van der Waals surface area (Å²) in [5.41, 5.74) is 0. The Balaban J connectivity index is 4.29. The summed E-state index contributed by atoms with van der Waals surface area (Å²) in [6.07, 6.45) is 19.3. The number of Topliss-reactive ketones (excluding diaryl/α,β-unsaturated/α-hetero) is 2. The van der Waals surface area contributed by atoms with Crippen molar-refractivity contribution < 1.29 is 19.2 Å². The van der Waals surface area contributed by atoms with Gasteiger partial charge in [-0.2, -0.15) is 0 Å². The Kier molecular flexibility index (Phi) is 34.6. The molecule has 0 aromatic heterocycles. The Morgan fingerprint density at radius 3 is 1.14 bits per heavy atom. The van der Waals surface area contributed by atoms with Gasteiger partial charge in [-0.15, -0.1) is 0 Å². The molecule has 0 fully saturated rings. The fourth-order valence-corrected chi connectivity index (χ4v) is 5.86. The lowest BCUT2D eigenvalue weighted by Gasteiger charge is -2.30. The van der Waals surface area contributed by atoms with Gasteiger partial charge in [-0.1, -0.05) is 39.5 Å². The van der Waals surface area contributed by atoms with Gasteiger partial charge in [0.15, 0.2) is 0 Å². The topological polar surface area (TPSA) is 123 Å². The van der Waals surface area contributed by atoms with Crippen LogP contribution in [0.3, 0.4) is 0 Å². The molecule has 0 spiro atoms. The van der Waals surface area contributed by atoms with E-state index in [2.05, 4.69) is 44.9 Å².